The van der Waals surface area contributed by atoms with Crippen LogP contribution in [0.1, 0.15) is 29.0 Å². The van der Waals surface area contributed by atoms with Crippen molar-refractivity contribution in [2.24, 2.45) is 5.92 Å². The Morgan fingerprint density at radius 2 is 1.68 bits per heavy atom. The summed E-state index contributed by atoms with van der Waals surface area (Å²) >= 11 is 0. The van der Waals surface area contributed by atoms with Crippen LogP contribution in [0.3, 0.4) is 0 Å². The topological polar surface area (TPSA) is 58.6 Å². The van der Waals surface area contributed by atoms with Gasteiger partial charge >= 0.3 is 12.1 Å². The van der Waals surface area contributed by atoms with Gasteiger partial charge in [0.25, 0.3) is 0 Å². The van der Waals surface area contributed by atoms with Gasteiger partial charge in [-0.05, 0) is 65.9 Å². The summed E-state index contributed by atoms with van der Waals surface area (Å²) < 4.78 is 44.2. The molecule has 2 atom stereocenters. The predicted octanol–water partition coefficient (Wildman–Crippen LogP) is 6.30. The number of hydrogen-bond donors (Lipinski definition) is 2. The minimum absolute atomic E-state index is 0.0937. The molecule has 2 N–H and O–H groups in total. The zero-order valence-corrected chi connectivity index (χ0v) is 16.4. The van der Waals surface area contributed by atoms with Crippen molar-refractivity contribution < 1.29 is 27.8 Å². The number of carbonyl (C=O) groups is 1. The highest BCUT2D eigenvalue weighted by molar-refractivity contribution is 5.75. The number of carboxylic acid groups (broad SMARTS) is 1. The number of alkyl halides is 3. The van der Waals surface area contributed by atoms with E-state index in [1.807, 2.05) is 30.3 Å². The van der Waals surface area contributed by atoms with E-state index in [9.17, 15) is 18.0 Å². The van der Waals surface area contributed by atoms with E-state index in [4.69, 9.17) is 9.84 Å². The molecule has 4 nitrogen and oxygen atoms in total. The van der Waals surface area contributed by atoms with Crippen LogP contribution >= 0.6 is 0 Å². The van der Waals surface area contributed by atoms with Crippen LogP contribution in [0.15, 0.2) is 72.8 Å². The van der Waals surface area contributed by atoms with E-state index in [0.29, 0.717) is 18.7 Å². The fraction of sp³-hybridized carbons (Fsp3) is 0.208. The average molecular weight is 427 g/mol. The second-order valence-electron chi connectivity index (χ2n) is 7.54. The molecule has 1 saturated carbocycles. The third-order valence-corrected chi connectivity index (χ3v) is 5.24. The summed E-state index contributed by atoms with van der Waals surface area (Å²) in [4.78, 5) is 11.0. The molecule has 3 aromatic rings. The number of nitrogens with one attached hydrogen (secondary N) is 1. The van der Waals surface area contributed by atoms with Gasteiger partial charge in [-0.25, -0.2) is 0 Å². The molecule has 0 spiro atoms. The zero-order chi connectivity index (χ0) is 22.0. The fourth-order valence-corrected chi connectivity index (χ4v) is 3.48. The monoisotopic (exact) mass is 427 g/mol. The van der Waals surface area contributed by atoms with Crippen molar-refractivity contribution in [3.8, 4) is 11.5 Å². The first-order chi connectivity index (χ1) is 14.8. The van der Waals surface area contributed by atoms with Crippen LogP contribution in [0.5, 0.6) is 11.5 Å². The molecule has 3 aromatic carbocycles. The van der Waals surface area contributed by atoms with Gasteiger partial charge in [-0.3, -0.25) is 4.79 Å². The van der Waals surface area contributed by atoms with Gasteiger partial charge < -0.3 is 15.2 Å². The van der Waals surface area contributed by atoms with Crippen LogP contribution < -0.4 is 10.1 Å². The first-order valence-electron chi connectivity index (χ1n) is 9.80. The van der Waals surface area contributed by atoms with Crippen molar-refractivity contribution in [1.82, 2.24) is 0 Å². The van der Waals surface area contributed by atoms with Crippen LogP contribution in [0.4, 0.5) is 18.9 Å². The Morgan fingerprint density at radius 3 is 2.32 bits per heavy atom. The van der Waals surface area contributed by atoms with E-state index in [1.54, 1.807) is 18.2 Å². The van der Waals surface area contributed by atoms with E-state index in [1.165, 1.54) is 12.1 Å². The predicted molar refractivity (Wildman–Crippen MR) is 110 cm³/mol. The lowest BCUT2D eigenvalue weighted by atomic mass is 10.1. The molecule has 4 rings (SSSR count). The molecule has 0 amide bonds. The van der Waals surface area contributed by atoms with E-state index in [-0.39, 0.29) is 17.6 Å². The number of ether oxygens (including phenoxy) is 1. The lowest BCUT2D eigenvalue weighted by molar-refractivity contribution is -0.139. The van der Waals surface area contributed by atoms with Crippen molar-refractivity contribution in [3.05, 3.63) is 89.5 Å². The summed E-state index contributed by atoms with van der Waals surface area (Å²) in [6.45, 7) is 0.500. The first-order valence-corrected chi connectivity index (χ1v) is 9.80. The van der Waals surface area contributed by atoms with Gasteiger partial charge in [0.05, 0.1) is 11.5 Å². The van der Waals surface area contributed by atoms with E-state index in [2.05, 4.69) is 5.32 Å². The quantitative estimate of drug-likeness (QED) is 0.465. The van der Waals surface area contributed by atoms with E-state index in [0.717, 1.165) is 28.9 Å². The molecule has 7 heteroatoms. The lowest BCUT2D eigenvalue weighted by Gasteiger charge is -2.12. The highest BCUT2D eigenvalue weighted by Gasteiger charge is 2.44. The standard InChI is InChI=1S/C24H20F3NO3/c25-24(26,27)17-4-2-6-20(12-17)31-19-5-1-3-15(11-19)14-28-18-9-7-16(8-10-18)21-13-22(21)23(29)30/h1-12,21-22,28H,13-14H2,(H,29,30)/t21-,22+/m0/s1. The van der Waals surface area contributed by atoms with Crippen molar-refractivity contribution in [1.29, 1.82) is 0 Å². The molecular formula is C24H20F3NO3. The Labute approximate surface area is 177 Å². The highest BCUT2D eigenvalue weighted by atomic mass is 19.4. The Hall–Kier alpha value is -3.48. The number of hydrogen-bond acceptors (Lipinski definition) is 3. The summed E-state index contributed by atoms with van der Waals surface area (Å²) in [5.74, 6) is -0.369. The van der Waals surface area contributed by atoms with Gasteiger partial charge in [0, 0.05) is 12.2 Å². The van der Waals surface area contributed by atoms with Crippen LogP contribution in [0, 0.1) is 5.92 Å². The molecule has 0 aromatic heterocycles. The van der Waals surface area contributed by atoms with Crippen LogP contribution in [-0.2, 0) is 17.5 Å². The number of benzene rings is 3. The zero-order valence-electron chi connectivity index (χ0n) is 16.4. The maximum atomic E-state index is 12.9. The van der Waals surface area contributed by atoms with Crippen LogP contribution in [0.2, 0.25) is 0 Å². The van der Waals surface area contributed by atoms with Gasteiger partial charge in [-0.15, -0.1) is 0 Å². The minimum Gasteiger partial charge on any atom is -0.481 e. The number of carboxylic acids is 1. The van der Waals surface area contributed by atoms with Crippen molar-refractivity contribution >= 4 is 11.7 Å². The summed E-state index contributed by atoms with van der Waals surface area (Å²) in [7, 11) is 0. The van der Waals surface area contributed by atoms with Gasteiger partial charge in [-0.1, -0.05) is 30.3 Å². The Bertz CT molecular complexity index is 1080. The molecule has 0 saturated heterocycles. The average Bonchev–Trinajstić information content (AvgIpc) is 3.54. The highest BCUT2D eigenvalue weighted by Crippen LogP contribution is 2.47. The Balaban J connectivity index is 1.36. The molecule has 31 heavy (non-hydrogen) atoms. The van der Waals surface area contributed by atoms with Gasteiger partial charge in [0.1, 0.15) is 11.5 Å². The first kappa shape index (κ1) is 20.8. The molecule has 1 fully saturated rings. The van der Waals surface area contributed by atoms with Gasteiger partial charge in [0.15, 0.2) is 0 Å². The second-order valence-corrected chi connectivity index (χ2v) is 7.54. The van der Waals surface area contributed by atoms with Crippen molar-refractivity contribution in [2.45, 2.75) is 25.1 Å². The van der Waals surface area contributed by atoms with Gasteiger partial charge in [-0.2, -0.15) is 13.2 Å². The summed E-state index contributed by atoms with van der Waals surface area (Å²) in [5, 5.41) is 12.3. The minimum atomic E-state index is -4.42. The van der Waals surface area contributed by atoms with Gasteiger partial charge in [0.2, 0.25) is 0 Å². The Morgan fingerprint density at radius 1 is 1.00 bits per heavy atom. The molecular weight excluding hydrogens is 407 g/mol. The van der Waals surface area contributed by atoms with E-state index < -0.39 is 17.7 Å². The number of aliphatic carboxylic acids is 1. The number of anilines is 1. The molecule has 0 unspecified atom stereocenters. The maximum Gasteiger partial charge on any atom is 0.416 e. The maximum absolute atomic E-state index is 12.9. The molecule has 0 bridgehead atoms. The number of rotatable bonds is 7. The summed E-state index contributed by atoms with van der Waals surface area (Å²) in [6, 6.07) is 19.6. The molecule has 0 aliphatic heterocycles. The van der Waals surface area contributed by atoms with Crippen LogP contribution in [-0.4, -0.2) is 11.1 Å². The smallest absolute Gasteiger partial charge is 0.416 e. The Kier molecular flexibility index (Phi) is 5.59. The van der Waals surface area contributed by atoms with Crippen molar-refractivity contribution in [3.63, 3.8) is 0 Å². The SMILES string of the molecule is O=C(O)[C@@H]1C[C@H]1c1ccc(NCc2cccc(Oc3cccc(C(F)(F)F)c3)c2)cc1. The van der Waals surface area contributed by atoms with E-state index >= 15 is 0 Å². The molecule has 1 aliphatic rings. The number of halogens is 3. The lowest BCUT2D eigenvalue weighted by Crippen LogP contribution is -2.04. The fourth-order valence-electron chi connectivity index (χ4n) is 3.48. The third kappa shape index (κ3) is 5.17. The normalized spacial score (nSPS) is 17.8. The molecule has 0 radical (unpaired) electrons. The molecule has 1 aliphatic carbocycles. The summed E-state index contributed by atoms with van der Waals surface area (Å²) in [5.41, 5.74) is 2.06. The largest absolute Gasteiger partial charge is 0.481 e. The summed E-state index contributed by atoms with van der Waals surface area (Å²) in [6.07, 6.45) is -3.74. The second kappa shape index (κ2) is 8.34. The molecule has 160 valence electrons. The van der Waals surface area contributed by atoms with Crippen molar-refractivity contribution in [2.75, 3.05) is 5.32 Å². The van der Waals surface area contributed by atoms with Crippen LogP contribution in [0.25, 0.3) is 0 Å². The molecule has 0 heterocycles. The third-order valence-electron chi connectivity index (χ3n) is 5.24.